The molecule has 0 heterocycles. The second-order valence-corrected chi connectivity index (χ2v) is 6.42. The monoisotopic (exact) mass is 386 g/mol. The van der Waals surface area contributed by atoms with E-state index in [4.69, 9.17) is 0 Å². The molecule has 4 nitrogen and oxygen atoms in total. The maximum atomic E-state index is 12.0. The van der Waals surface area contributed by atoms with Crippen molar-refractivity contribution in [2.75, 3.05) is 10.6 Å². The molecule has 0 bridgehead atoms. The molecule has 0 aliphatic rings. The summed E-state index contributed by atoms with van der Waals surface area (Å²) in [7, 11) is 0. The molecule has 0 atom stereocenters. The number of anilines is 2. The summed E-state index contributed by atoms with van der Waals surface area (Å²) in [5.74, 6) is -0.334. The molecule has 2 N–H and O–H groups in total. The fourth-order valence-electron chi connectivity index (χ4n) is 1.88. The lowest BCUT2D eigenvalue weighted by Crippen LogP contribution is -2.17. The first kappa shape index (κ1) is 17.9. The van der Waals surface area contributed by atoms with Gasteiger partial charge in [-0.1, -0.05) is 48.0 Å². The van der Waals surface area contributed by atoms with Gasteiger partial charge in [0.2, 0.25) is 11.8 Å². The summed E-state index contributed by atoms with van der Waals surface area (Å²) in [5.41, 5.74) is 2.30. The predicted molar refractivity (Wildman–Crippen MR) is 102 cm³/mol. The van der Waals surface area contributed by atoms with E-state index in [0.29, 0.717) is 11.4 Å². The van der Waals surface area contributed by atoms with E-state index < -0.39 is 0 Å². The molecule has 0 saturated carbocycles. The SMILES string of the molecule is CC(C)C(=O)Nc1ccc(NC(=O)/C=C/c2ccccc2Br)cc1. The van der Waals surface area contributed by atoms with Crippen molar-refractivity contribution in [1.82, 2.24) is 0 Å². The van der Waals surface area contributed by atoms with Gasteiger partial charge in [0.1, 0.15) is 0 Å². The molecule has 124 valence electrons. The molecule has 2 rings (SSSR count). The molecule has 5 heteroatoms. The van der Waals surface area contributed by atoms with Crippen LogP contribution >= 0.6 is 15.9 Å². The van der Waals surface area contributed by atoms with E-state index in [0.717, 1.165) is 10.0 Å². The van der Waals surface area contributed by atoms with Crippen LogP contribution in [0.1, 0.15) is 19.4 Å². The first-order chi connectivity index (χ1) is 11.5. The third kappa shape index (κ3) is 5.35. The van der Waals surface area contributed by atoms with Crippen LogP contribution in [0.5, 0.6) is 0 Å². The highest BCUT2D eigenvalue weighted by atomic mass is 79.9. The highest BCUT2D eigenvalue weighted by Gasteiger charge is 2.07. The summed E-state index contributed by atoms with van der Waals surface area (Å²) in [5, 5.41) is 5.59. The van der Waals surface area contributed by atoms with Crippen LogP contribution in [-0.2, 0) is 9.59 Å². The fourth-order valence-corrected chi connectivity index (χ4v) is 2.30. The Morgan fingerprint density at radius 2 is 1.54 bits per heavy atom. The number of benzene rings is 2. The lowest BCUT2D eigenvalue weighted by atomic mass is 10.2. The molecule has 0 radical (unpaired) electrons. The molecule has 0 aromatic heterocycles. The van der Waals surface area contributed by atoms with E-state index in [1.807, 2.05) is 38.1 Å². The topological polar surface area (TPSA) is 58.2 Å². The third-order valence-corrected chi connectivity index (χ3v) is 3.99. The summed E-state index contributed by atoms with van der Waals surface area (Å²) >= 11 is 3.43. The van der Waals surface area contributed by atoms with E-state index in [1.54, 1.807) is 30.3 Å². The molecule has 0 saturated heterocycles. The van der Waals surface area contributed by atoms with Crippen molar-refractivity contribution in [2.45, 2.75) is 13.8 Å². The summed E-state index contributed by atoms with van der Waals surface area (Å²) in [4.78, 5) is 23.6. The Kier molecular flexibility index (Phi) is 6.32. The van der Waals surface area contributed by atoms with Crippen molar-refractivity contribution in [3.63, 3.8) is 0 Å². The van der Waals surface area contributed by atoms with Crippen molar-refractivity contribution in [3.8, 4) is 0 Å². The van der Waals surface area contributed by atoms with E-state index in [-0.39, 0.29) is 17.7 Å². The van der Waals surface area contributed by atoms with E-state index in [9.17, 15) is 9.59 Å². The average molecular weight is 387 g/mol. The van der Waals surface area contributed by atoms with Crippen LogP contribution in [0.3, 0.4) is 0 Å². The fraction of sp³-hybridized carbons (Fsp3) is 0.158. The van der Waals surface area contributed by atoms with Gasteiger partial charge in [-0.2, -0.15) is 0 Å². The number of rotatable bonds is 5. The van der Waals surface area contributed by atoms with Crippen LogP contribution in [0.2, 0.25) is 0 Å². The van der Waals surface area contributed by atoms with E-state index in [2.05, 4.69) is 26.6 Å². The number of nitrogens with one attached hydrogen (secondary N) is 2. The van der Waals surface area contributed by atoms with Gasteiger partial charge in [0.05, 0.1) is 0 Å². The molecule has 24 heavy (non-hydrogen) atoms. The van der Waals surface area contributed by atoms with E-state index in [1.165, 1.54) is 6.08 Å². The second-order valence-electron chi connectivity index (χ2n) is 5.57. The predicted octanol–water partition coefficient (Wildman–Crippen LogP) is 4.70. The van der Waals surface area contributed by atoms with Crippen LogP contribution in [0.15, 0.2) is 59.1 Å². The molecular formula is C19H19BrN2O2. The maximum Gasteiger partial charge on any atom is 0.248 e. The van der Waals surface area contributed by atoms with Gasteiger partial charge in [-0.3, -0.25) is 9.59 Å². The first-order valence-electron chi connectivity index (χ1n) is 7.60. The minimum Gasteiger partial charge on any atom is -0.326 e. The Balaban J connectivity index is 1.95. The lowest BCUT2D eigenvalue weighted by Gasteiger charge is -2.08. The van der Waals surface area contributed by atoms with Gasteiger partial charge in [0, 0.05) is 27.8 Å². The summed E-state index contributed by atoms with van der Waals surface area (Å²) in [6.45, 7) is 3.67. The van der Waals surface area contributed by atoms with Gasteiger partial charge in [0.25, 0.3) is 0 Å². The van der Waals surface area contributed by atoms with Crippen LogP contribution in [0.4, 0.5) is 11.4 Å². The third-order valence-electron chi connectivity index (χ3n) is 3.26. The molecule has 0 fully saturated rings. The van der Waals surface area contributed by atoms with Crippen molar-refractivity contribution in [2.24, 2.45) is 5.92 Å². The molecule has 0 unspecified atom stereocenters. The molecule has 2 aromatic rings. The standard InChI is InChI=1S/C19H19BrN2O2/c1-13(2)19(24)22-16-10-8-15(9-11-16)21-18(23)12-7-14-5-3-4-6-17(14)20/h3-13H,1-2H3,(H,21,23)(H,22,24)/b12-7+. The Labute approximate surface area is 150 Å². The second kappa shape index (κ2) is 8.45. The Hall–Kier alpha value is -2.40. The number of carbonyl (C=O) groups excluding carboxylic acids is 2. The van der Waals surface area contributed by atoms with E-state index >= 15 is 0 Å². The average Bonchev–Trinajstić information content (AvgIpc) is 2.56. The number of carbonyl (C=O) groups is 2. The van der Waals surface area contributed by atoms with Crippen molar-refractivity contribution in [3.05, 3.63) is 64.6 Å². The largest absolute Gasteiger partial charge is 0.326 e. The highest BCUT2D eigenvalue weighted by molar-refractivity contribution is 9.10. The van der Waals surface area contributed by atoms with Gasteiger partial charge >= 0.3 is 0 Å². The normalized spacial score (nSPS) is 10.8. The van der Waals surface area contributed by atoms with Crippen molar-refractivity contribution in [1.29, 1.82) is 0 Å². The quantitative estimate of drug-likeness (QED) is 0.731. The number of amides is 2. The van der Waals surface area contributed by atoms with Crippen LogP contribution in [-0.4, -0.2) is 11.8 Å². The zero-order valence-corrected chi connectivity index (χ0v) is 15.1. The smallest absolute Gasteiger partial charge is 0.248 e. The van der Waals surface area contributed by atoms with Gasteiger partial charge in [0.15, 0.2) is 0 Å². The zero-order valence-electron chi connectivity index (χ0n) is 13.5. The Bertz CT molecular complexity index is 752. The van der Waals surface area contributed by atoms with Gasteiger partial charge in [-0.05, 0) is 42.0 Å². The molecule has 2 amide bonds. The van der Waals surface area contributed by atoms with Crippen LogP contribution in [0, 0.1) is 5.92 Å². The molecule has 0 spiro atoms. The van der Waals surface area contributed by atoms with Gasteiger partial charge in [-0.15, -0.1) is 0 Å². The minimum absolute atomic E-state index is 0.0387. The van der Waals surface area contributed by atoms with Crippen LogP contribution in [0.25, 0.3) is 6.08 Å². The highest BCUT2D eigenvalue weighted by Crippen LogP contribution is 2.18. The maximum absolute atomic E-state index is 12.0. The zero-order chi connectivity index (χ0) is 17.5. The van der Waals surface area contributed by atoms with Crippen LogP contribution < -0.4 is 10.6 Å². The number of hydrogen-bond donors (Lipinski definition) is 2. The number of halogens is 1. The lowest BCUT2D eigenvalue weighted by molar-refractivity contribution is -0.119. The number of hydrogen-bond acceptors (Lipinski definition) is 2. The molecule has 2 aromatic carbocycles. The van der Waals surface area contributed by atoms with Gasteiger partial charge in [-0.25, -0.2) is 0 Å². The summed E-state index contributed by atoms with van der Waals surface area (Å²) in [6, 6.07) is 14.7. The summed E-state index contributed by atoms with van der Waals surface area (Å²) < 4.78 is 0.930. The summed E-state index contributed by atoms with van der Waals surface area (Å²) in [6.07, 6.45) is 3.23. The minimum atomic E-state index is -0.218. The molecular weight excluding hydrogens is 368 g/mol. The van der Waals surface area contributed by atoms with Crippen molar-refractivity contribution >= 4 is 45.2 Å². The van der Waals surface area contributed by atoms with Crippen molar-refractivity contribution < 1.29 is 9.59 Å². The molecule has 0 aliphatic carbocycles. The Morgan fingerprint density at radius 1 is 0.958 bits per heavy atom. The Morgan fingerprint density at radius 3 is 2.12 bits per heavy atom. The molecule has 0 aliphatic heterocycles. The van der Waals surface area contributed by atoms with Gasteiger partial charge < -0.3 is 10.6 Å². The first-order valence-corrected chi connectivity index (χ1v) is 8.39.